The first kappa shape index (κ1) is 23.5. The van der Waals surface area contributed by atoms with Crippen molar-refractivity contribution in [2.24, 2.45) is 11.5 Å². The van der Waals surface area contributed by atoms with Crippen LogP contribution in [0.2, 0.25) is 6.32 Å². The van der Waals surface area contributed by atoms with Crippen LogP contribution >= 0.6 is 0 Å². The van der Waals surface area contributed by atoms with Crippen molar-refractivity contribution in [2.75, 3.05) is 19.6 Å². The molecule has 7 nitrogen and oxygen atoms in total. The van der Waals surface area contributed by atoms with Gasteiger partial charge in [0.15, 0.2) is 0 Å². The van der Waals surface area contributed by atoms with Gasteiger partial charge in [-0.25, -0.2) is 0 Å². The summed E-state index contributed by atoms with van der Waals surface area (Å²) in [7, 11) is -1.19. The minimum Gasteiger partial charge on any atom is -0.427 e. The molecule has 0 saturated carbocycles. The molecule has 140 valence electrons. The van der Waals surface area contributed by atoms with Crippen LogP contribution in [0, 0.1) is 0 Å². The quantitative estimate of drug-likeness (QED) is 0.313. The van der Waals surface area contributed by atoms with Crippen molar-refractivity contribution in [3.63, 3.8) is 0 Å². The second-order valence-corrected chi connectivity index (χ2v) is 5.95. The van der Waals surface area contributed by atoms with Gasteiger partial charge in [0.05, 0.1) is 0 Å². The Labute approximate surface area is 150 Å². The fraction of sp³-hybridized carbons (Fsp3) is 0.588. The Bertz CT molecular complexity index is 456. The lowest BCUT2D eigenvalue weighted by Gasteiger charge is -2.23. The second kappa shape index (κ2) is 16.0. The van der Waals surface area contributed by atoms with Gasteiger partial charge in [0.25, 0.3) is 0 Å². The Morgan fingerprint density at radius 1 is 1.08 bits per heavy atom. The minimum absolute atomic E-state index is 0.159. The van der Waals surface area contributed by atoms with E-state index in [1.165, 1.54) is 5.56 Å². The van der Waals surface area contributed by atoms with Gasteiger partial charge in [-0.3, -0.25) is 4.90 Å². The smallest absolute Gasteiger partial charge is 0.427 e. The van der Waals surface area contributed by atoms with Gasteiger partial charge in [0.1, 0.15) is 0 Å². The number of nitrogens with zero attached hydrogens (tertiary/aromatic N) is 1. The lowest BCUT2D eigenvalue weighted by molar-refractivity contribution is -0.191. The van der Waals surface area contributed by atoms with Crippen LogP contribution in [0.1, 0.15) is 31.2 Å². The fourth-order valence-electron chi connectivity index (χ4n) is 2.52. The first-order valence-corrected chi connectivity index (χ1v) is 8.60. The van der Waals surface area contributed by atoms with Crippen molar-refractivity contribution >= 4 is 13.3 Å². The predicted octanol–water partition coefficient (Wildman–Crippen LogP) is 0.224. The van der Waals surface area contributed by atoms with E-state index in [4.69, 9.17) is 31.1 Å². The molecule has 1 atom stereocenters. The molecule has 25 heavy (non-hydrogen) atoms. The summed E-state index contributed by atoms with van der Waals surface area (Å²) in [4.78, 5) is 18.6. The van der Waals surface area contributed by atoms with Gasteiger partial charge in [0, 0.05) is 32.2 Å². The van der Waals surface area contributed by atoms with Crippen LogP contribution in [0.25, 0.3) is 0 Å². The molecule has 8 heteroatoms. The Hall–Kier alpha value is -1.54. The maximum absolute atomic E-state index is 8.80. The molecule has 0 aliphatic heterocycles. The summed E-state index contributed by atoms with van der Waals surface area (Å²) < 4.78 is 0. The number of carbonyl (C=O) groups excluding carboxylic acids is 2. The average molecular weight is 351 g/mol. The highest BCUT2D eigenvalue weighted by atomic mass is 16.4. The number of unbranched alkanes of at least 4 members (excludes halogenated alkanes) is 1. The molecule has 1 aromatic rings. The van der Waals surface area contributed by atoms with Gasteiger partial charge in [-0.1, -0.05) is 43.2 Å². The van der Waals surface area contributed by atoms with Gasteiger partial charge in [-0.15, -0.1) is 0 Å². The Kier molecular flexibility index (Phi) is 15.0. The van der Waals surface area contributed by atoms with Crippen LogP contribution in [0.4, 0.5) is 0 Å². The first-order chi connectivity index (χ1) is 12.0. The largest absolute Gasteiger partial charge is 0.451 e. The Morgan fingerprint density at radius 2 is 1.72 bits per heavy atom. The molecule has 1 aromatic carbocycles. The zero-order valence-electron chi connectivity index (χ0n) is 14.7. The number of nitrogens with two attached hydrogens (primary N) is 2. The molecule has 0 bridgehead atoms. The molecule has 0 aliphatic rings. The number of hydrogen-bond donors (Lipinski definition) is 4. The van der Waals surface area contributed by atoms with Gasteiger partial charge in [-0.2, -0.15) is 9.59 Å². The lowest BCUT2D eigenvalue weighted by Crippen LogP contribution is -2.33. The molecular weight excluding hydrogens is 321 g/mol. The van der Waals surface area contributed by atoms with Crippen molar-refractivity contribution in [3.05, 3.63) is 35.9 Å². The highest BCUT2D eigenvalue weighted by Crippen LogP contribution is 2.09. The number of rotatable bonds is 12. The van der Waals surface area contributed by atoms with E-state index in [-0.39, 0.29) is 12.2 Å². The molecule has 0 aliphatic carbocycles. The molecule has 6 N–H and O–H groups in total. The summed E-state index contributed by atoms with van der Waals surface area (Å²) in [5.41, 5.74) is 13.1. The first-order valence-electron chi connectivity index (χ1n) is 8.60. The summed E-state index contributed by atoms with van der Waals surface area (Å²) in [6, 6.07) is 10.5. The lowest BCUT2D eigenvalue weighted by atomic mass is 9.83. The molecule has 0 radical (unpaired) electrons. The van der Waals surface area contributed by atoms with Gasteiger partial charge < -0.3 is 21.5 Å². The second-order valence-electron chi connectivity index (χ2n) is 5.95. The van der Waals surface area contributed by atoms with E-state index in [0.29, 0.717) is 12.9 Å². The molecule has 0 saturated heterocycles. The summed E-state index contributed by atoms with van der Waals surface area (Å²) in [6.07, 6.45) is 4.29. The van der Waals surface area contributed by atoms with Crippen molar-refractivity contribution in [3.8, 4) is 0 Å². The van der Waals surface area contributed by atoms with E-state index >= 15 is 0 Å². The van der Waals surface area contributed by atoms with E-state index in [0.717, 1.165) is 45.3 Å². The van der Waals surface area contributed by atoms with E-state index in [1.54, 1.807) is 0 Å². The van der Waals surface area contributed by atoms with Crippen LogP contribution in [-0.4, -0.2) is 53.9 Å². The third-order valence-corrected chi connectivity index (χ3v) is 3.80. The standard InChI is InChI=1S/C16H30BN3O2.CO2/c18-11-13-20(14-15-6-2-1-3-7-15)12-9-16(19)8-4-5-10-17(21)22;2-1-3/h1-3,6-7,16,21-22H,4-5,8-14,18-19H2;. The van der Waals surface area contributed by atoms with Crippen LogP contribution in [0.3, 0.4) is 0 Å². The van der Waals surface area contributed by atoms with E-state index in [1.807, 2.05) is 6.07 Å². The summed E-state index contributed by atoms with van der Waals surface area (Å²) >= 11 is 0. The zero-order valence-corrected chi connectivity index (χ0v) is 14.7. The van der Waals surface area contributed by atoms with Crippen molar-refractivity contribution < 1.29 is 19.6 Å². The SMILES string of the molecule is NCCN(CCC(N)CCCCB(O)O)Cc1ccccc1.O=C=O. The molecule has 0 heterocycles. The fourth-order valence-corrected chi connectivity index (χ4v) is 2.52. The molecule has 0 amide bonds. The van der Waals surface area contributed by atoms with Gasteiger partial charge >= 0.3 is 13.3 Å². The van der Waals surface area contributed by atoms with E-state index in [2.05, 4.69) is 29.2 Å². The van der Waals surface area contributed by atoms with E-state index in [9.17, 15) is 0 Å². The highest BCUT2D eigenvalue weighted by molar-refractivity contribution is 6.40. The summed E-state index contributed by atoms with van der Waals surface area (Å²) in [5, 5.41) is 17.6. The maximum atomic E-state index is 8.80. The van der Waals surface area contributed by atoms with Crippen LogP contribution in [0.15, 0.2) is 30.3 Å². The van der Waals surface area contributed by atoms with Gasteiger partial charge in [-0.05, 0) is 24.7 Å². The third-order valence-electron chi connectivity index (χ3n) is 3.80. The van der Waals surface area contributed by atoms with Crippen molar-refractivity contribution in [1.82, 2.24) is 4.90 Å². The molecule has 0 fully saturated rings. The monoisotopic (exact) mass is 351 g/mol. The normalized spacial score (nSPS) is 11.4. The molecular formula is C17H30BN3O4. The van der Waals surface area contributed by atoms with Crippen LogP contribution < -0.4 is 11.5 Å². The average Bonchev–Trinajstić information content (AvgIpc) is 2.58. The molecule has 1 unspecified atom stereocenters. The Balaban J connectivity index is 0.00000178. The molecule has 1 rings (SSSR count). The van der Waals surface area contributed by atoms with Crippen LogP contribution in [-0.2, 0) is 16.1 Å². The topological polar surface area (TPSA) is 130 Å². The van der Waals surface area contributed by atoms with Crippen molar-refractivity contribution in [2.45, 2.75) is 44.6 Å². The molecule has 0 aromatic heterocycles. The summed E-state index contributed by atoms with van der Waals surface area (Å²) in [5.74, 6) is 0. The minimum atomic E-state index is -1.19. The number of benzene rings is 1. The van der Waals surface area contributed by atoms with Crippen LogP contribution in [0.5, 0.6) is 0 Å². The maximum Gasteiger partial charge on any atom is 0.451 e. The summed E-state index contributed by atoms with van der Waals surface area (Å²) in [6.45, 7) is 3.37. The Morgan fingerprint density at radius 3 is 2.28 bits per heavy atom. The predicted molar refractivity (Wildman–Crippen MR) is 97.2 cm³/mol. The third kappa shape index (κ3) is 14.5. The van der Waals surface area contributed by atoms with Gasteiger partial charge in [0.2, 0.25) is 0 Å². The van der Waals surface area contributed by atoms with E-state index < -0.39 is 7.12 Å². The van der Waals surface area contributed by atoms with Crippen molar-refractivity contribution in [1.29, 1.82) is 0 Å². The molecule has 0 spiro atoms. The highest BCUT2D eigenvalue weighted by Gasteiger charge is 2.10. The number of hydrogen-bond acceptors (Lipinski definition) is 7. The zero-order chi connectivity index (χ0) is 18.9.